The van der Waals surface area contributed by atoms with Crippen LogP contribution in [-0.4, -0.2) is 73.9 Å². The SMILES string of the molecule is CN(CC(O)CN(C)C1CCCO1)C1CCCO1. The first-order chi connectivity index (χ1) is 8.66. The first kappa shape index (κ1) is 14.2. The van der Waals surface area contributed by atoms with Crippen molar-refractivity contribution in [3.8, 4) is 0 Å². The predicted molar refractivity (Wildman–Crippen MR) is 69.2 cm³/mol. The summed E-state index contributed by atoms with van der Waals surface area (Å²) in [5.41, 5.74) is 0. The Morgan fingerprint density at radius 3 is 1.78 bits per heavy atom. The molecule has 0 amide bonds. The number of rotatable bonds is 6. The summed E-state index contributed by atoms with van der Waals surface area (Å²) in [7, 11) is 4.04. The fourth-order valence-corrected chi connectivity index (χ4v) is 2.77. The maximum Gasteiger partial charge on any atom is 0.110 e. The lowest BCUT2D eigenvalue weighted by atomic mass is 10.2. The van der Waals surface area contributed by atoms with Gasteiger partial charge in [0.1, 0.15) is 12.5 Å². The molecule has 2 aliphatic heterocycles. The number of hydrogen-bond donors (Lipinski definition) is 1. The van der Waals surface area contributed by atoms with Crippen LogP contribution in [0.2, 0.25) is 0 Å². The summed E-state index contributed by atoms with van der Waals surface area (Å²) in [4.78, 5) is 4.22. The molecular formula is C13H26N2O3. The molecule has 1 N–H and O–H groups in total. The van der Waals surface area contributed by atoms with Crippen molar-refractivity contribution < 1.29 is 14.6 Å². The maximum absolute atomic E-state index is 10.1. The van der Waals surface area contributed by atoms with Crippen LogP contribution in [0.4, 0.5) is 0 Å². The first-order valence-electron chi connectivity index (χ1n) is 6.98. The summed E-state index contributed by atoms with van der Waals surface area (Å²) in [6.07, 6.45) is 4.42. The Hall–Kier alpha value is -0.200. The van der Waals surface area contributed by atoms with Crippen molar-refractivity contribution in [1.29, 1.82) is 0 Å². The molecule has 0 aromatic carbocycles. The van der Waals surface area contributed by atoms with Gasteiger partial charge in [0.25, 0.3) is 0 Å². The Bertz CT molecular complexity index is 216. The van der Waals surface area contributed by atoms with Gasteiger partial charge < -0.3 is 14.6 Å². The van der Waals surface area contributed by atoms with Crippen molar-refractivity contribution in [2.45, 2.75) is 44.2 Å². The number of ether oxygens (including phenoxy) is 2. The number of likely N-dealkylation sites (N-methyl/N-ethyl adjacent to an activating group) is 2. The van der Waals surface area contributed by atoms with Gasteiger partial charge in [0.15, 0.2) is 0 Å². The van der Waals surface area contributed by atoms with Gasteiger partial charge in [-0.2, -0.15) is 0 Å². The lowest BCUT2D eigenvalue weighted by Gasteiger charge is -2.30. The second-order valence-corrected chi connectivity index (χ2v) is 5.47. The zero-order valence-corrected chi connectivity index (χ0v) is 11.5. The van der Waals surface area contributed by atoms with Crippen LogP contribution in [0.25, 0.3) is 0 Å². The second kappa shape index (κ2) is 6.82. The number of aliphatic hydroxyl groups excluding tert-OH is 1. The van der Waals surface area contributed by atoms with Gasteiger partial charge in [-0.05, 0) is 39.8 Å². The number of hydrogen-bond acceptors (Lipinski definition) is 5. The minimum absolute atomic E-state index is 0.188. The summed E-state index contributed by atoms with van der Waals surface area (Å²) in [5, 5.41) is 10.1. The minimum Gasteiger partial charge on any atom is -0.390 e. The average molecular weight is 258 g/mol. The Morgan fingerprint density at radius 1 is 1.00 bits per heavy atom. The Labute approximate surface area is 110 Å². The van der Waals surface area contributed by atoms with Crippen molar-refractivity contribution in [3.63, 3.8) is 0 Å². The number of nitrogens with zero attached hydrogens (tertiary/aromatic N) is 2. The van der Waals surface area contributed by atoms with Gasteiger partial charge in [0.2, 0.25) is 0 Å². The molecule has 5 nitrogen and oxygen atoms in total. The zero-order chi connectivity index (χ0) is 13.0. The Morgan fingerprint density at radius 2 is 1.44 bits per heavy atom. The van der Waals surface area contributed by atoms with Gasteiger partial charge >= 0.3 is 0 Å². The van der Waals surface area contributed by atoms with Crippen LogP contribution >= 0.6 is 0 Å². The first-order valence-corrected chi connectivity index (χ1v) is 6.98. The van der Waals surface area contributed by atoms with Gasteiger partial charge in [-0.15, -0.1) is 0 Å². The van der Waals surface area contributed by atoms with Gasteiger partial charge in [0.05, 0.1) is 6.10 Å². The Balaban J connectivity index is 1.68. The maximum atomic E-state index is 10.1. The van der Waals surface area contributed by atoms with Crippen LogP contribution in [0, 0.1) is 0 Å². The van der Waals surface area contributed by atoms with Gasteiger partial charge in [0, 0.05) is 26.3 Å². The average Bonchev–Trinajstić information content (AvgIpc) is 3.02. The highest BCUT2D eigenvalue weighted by atomic mass is 16.5. The highest BCUT2D eigenvalue weighted by molar-refractivity contribution is 4.73. The van der Waals surface area contributed by atoms with Gasteiger partial charge in [-0.1, -0.05) is 0 Å². The third kappa shape index (κ3) is 3.90. The molecule has 0 spiro atoms. The molecule has 2 unspecified atom stereocenters. The van der Waals surface area contributed by atoms with Crippen LogP contribution < -0.4 is 0 Å². The smallest absolute Gasteiger partial charge is 0.110 e. The van der Waals surface area contributed by atoms with E-state index in [1.165, 1.54) is 0 Å². The van der Waals surface area contributed by atoms with E-state index in [-0.39, 0.29) is 18.6 Å². The molecule has 5 heteroatoms. The molecular weight excluding hydrogens is 232 g/mol. The molecule has 0 aliphatic carbocycles. The van der Waals surface area contributed by atoms with Crippen molar-refractivity contribution >= 4 is 0 Å². The summed E-state index contributed by atoms with van der Waals surface area (Å²) in [6, 6.07) is 0. The zero-order valence-electron chi connectivity index (χ0n) is 11.5. The molecule has 18 heavy (non-hydrogen) atoms. The van der Waals surface area contributed by atoms with Crippen molar-refractivity contribution in [3.05, 3.63) is 0 Å². The molecule has 0 radical (unpaired) electrons. The highest BCUT2D eigenvalue weighted by Crippen LogP contribution is 2.17. The van der Waals surface area contributed by atoms with E-state index in [0.29, 0.717) is 13.1 Å². The second-order valence-electron chi connectivity index (χ2n) is 5.47. The van der Waals surface area contributed by atoms with Crippen molar-refractivity contribution in [2.24, 2.45) is 0 Å². The molecule has 2 rings (SSSR count). The third-order valence-corrected chi connectivity index (χ3v) is 3.79. The van der Waals surface area contributed by atoms with E-state index < -0.39 is 0 Å². The fraction of sp³-hybridized carbons (Fsp3) is 1.00. The molecule has 0 aromatic heterocycles. The molecule has 106 valence electrons. The van der Waals surface area contributed by atoms with Gasteiger partial charge in [-0.3, -0.25) is 9.80 Å². The molecule has 2 aliphatic rings. The molecule has 0 saturated carbocycles. The highest BCUT2D eigenvalue weighted by Gasteiger charge is 2.25. The summed E-state index contributed by atoms with van der Waals surface area (Å²) < 4.78 is 11.2. The molecule has 2 saturated heterocycles. The van der Waals surface area contributed by atoms with Crippen LogP contribution in [0.15, 0.2) is 0 Å². The summed E-state index contributed by atoms with van der Waals surface area (Å²) in [6.45, 7) is 3.01. The lowest BCUT2D eigenvalue weighted by molar-refractivity contribution is -0.0507. The van der Waals surface area contributed by atoms with Crippen LogP contribution in [0.5, 0.6) is 0 Å². The van der Waals surface area contributed by atoms with Crippen LogP contribution in [0.1, 0.15) is 25.7 Å². The molecule has 2 atom stereocenters. The summed E-state index contributed by atoms with van der Waals surface area (Å²) >= 11 is 0. The Kier molecular flexibility index (Phi) is 5.38. The molecule has 2 fully saturated rings. The van der Waals surface area contributed by atoms with E-state index in [4.69, 9.17) is 9.47 Å². The van der Waals surface area contributed by atoms with Crippen molar-refractivity contribution in [2.75, 3.05) is 40.4 Å². The topological polar surface area (TPSA) is 45.2 Å². The predicted octanol–water partition coefficient (Wildman–Crippen LogP) is 0.484. The van der Waals surface area contributed by atoms with Crippen molar-refractivity contribution in [1.82, 2.24) is 9.80 Å². The molecule has 0 bridgehead atoms. The van der Waals surface area contributed by atoms with E-state index in [2.05, 4.69) is 9.80 Å². The normalized spacial score (nSPS) is 30.5. The number of aliphatic hydroxyl groups is 1. The molecule has 0 aromatic rings. The van der Waals surface area contributed by atoms with E-state index in [1.807, 2.05) is 14.1 Å². The summed E-state index contributed by atoms with van der Waals surface area (Å²) in [5.74, 6) is 0. The van der Waals surface area contributed by atoms with Crippen LogP contribution in [-0.2, 0) is 9.47 Å². The van der Waals surface area contributed by atoms with E-state index in [0.717, 1.165) is 38.9 Å². The largest absolute Gasteiger partial charge is 0.390 e. The van der Waals surface area contributed by atoms with E-state index in [9.17, 15) is 5.11 Å². The van der Waals surface area contributed by atoms with Crippen LogP contribution in [0.3, 0.4) is 0 Å². The van der Waals surface area contributed by atoms with E-state index in [1.54, 1.807) is 0 Å². The fourth-order valence-electron chi connectivity index (χ4n) is 2.77. The van der Waals surface area contributed by atoms with Gasteiger partial charge in [-0.25, -0.2) is 0 Å². The third-order valence-electron chi connectivity index (χ3n) is 3.79. The lowest BCUT2D eigenvalue weighted by Crippen LogP contribution is -2.44. The van der Waals surface area contributed by atoms with E-state index >= 15 is 0 Å². The monoisotopic (exact) mass is 258 g/mol. The standard InChI is InChI=1S/C13H26N2O3/c1-14(12-5-3-7-17-12)9-11(16)10-15(2)13-6-4-8-18-13/h11-13,16H,3-10H2,1-2H3. The minimum atomic E-state index is -0.353. The quantitative estimate of drug-likeness (QED) is 0.751. The molecule has 2 heterocycles.